The standard InChI is InChI=1S/C14H6Cl4O4/c15-9-3-1-7(5-11(9)17)13(19)21-22-14(20)8-2-4-10(16)12(18)6-8/h1-6H. The number of hydrogen-bond acceptors (Lipinski definition) is 4. The molecule has 0 amide bonds. The van der Waals surface area contributed by atoms with Crippen molar-refractivity contribution in [3.63, 3.8) is 0 Å². The van der Waals surface area contributed by atoms with Gasteiger partial charge in [-0.15, -0.1) is 0 Å². The lowest BCUT2D eigenvalue weighted by atomic mass is 10.2. The highest BCUT2D eigenvalue weighted by Crippen LogP contribution is 2.24. The van der Waals surface area contributed by atoms with Gasteiger partial charge in [-0.05, 0) is 36.4 Å². The van der Waals surface area contributed by atoms with E-state index in [2.05, 4.69) is 9.78 Å². The number of carbonyl (C=O) groups excluding carboxylic acids is 2. The van der Waals surface area contributed by atoms with Gasteiger partial charge in [0, 0.05) is 0 Å². The fraction of sp³-hybridized carbons (Fsp3) is 0. The minimum atomic E-state index is -0.896. The zero-order valence-corrected chi connectivity index (χ0v) is 13.6. The summed E-state index contributed by atoms with van der Waals surface area (Å²) in [5, 5.41) is 0.913. The second-order valence-corrected chi connectivity index (χ2v) is 5.63. The summed E-state index contributed by atoms with van der Waals surface area (Å²) >= 11 is 23.0. The molecule has 0 aliphatic rings. The van der Waals surface area contributed by atoms with Gasteiger partial charge in [0.15, 0.2) is 0 Å². The third kappa shape index (κ3) is 4.05. The zero-order chi connectivity index (χ0) is 16.3. The molecule has 0 aliphatic heterocycles. The molecule has 4 nitrogen and oxygen atoms in total. The molecule has 114 valence electrons. The molecule has 0 fully saturated rings. The number of benzene rings is 2. The Morgan fingerprint density at radius 1 is 0.636 bits per heavy atom. The largest absolute Gasteiger partial charge is 0.386 e. The molecule has 8 heteroatoms. The highest BCUT2D eigenvalue weighted by Gasteiger charge is 2.16. The van der Waals surface area contributed by atoms with Crippen molar-refractivity contribution in [3.05, 3.63) is 67.6 Å². The summed E-state index contributed by atoms with van der Waals surface area (Å²) < 4.78 is 0. The Kier molecular flexibility index (Phi) is 5.53. The SMILES string of the molecule is O=C(OOC(=O)c1ccc(Cl)c(Cl)c1)c1ccc(Cl)c(Cl)c1. The fourth-order valence-corrected chi connectivity index (χ4v) is 2.01. The van der Waals surface area contributed by atoms with Crippen LogP contribution in [0.1, 0.15) is 20.7 Å². The van der Waals surface area contributed by atoms with Gasteiger partial charge in [0.1, 0.15) is 0 Å². The first kappa shape index (κ1) is 16.9. The quantitative estimate of drug-likeness (QED) is 0.529. The van der Waals surface area contributed by atoms with Crippen LogP contribution in [-0.4, -0.2) is 11.9 Å². The van der Waals surface area contributed by atoms with Crippen LogP contribution in [-0.2, 0) is 9.78 Å². The van der Waals surface area contributed by atoms with Gasteiger partial charge in [-0.2, -0.15) is 0 Å². The fourth-order valence-electron chi connectivity index (χ4n) is 1.42. The van der Waals surface area contributed by atoms with Gasteiger partial charge in [0.25, 0.3) is 0 Å². The molecule has 2 rings (SSSR count). The summed E-state index contributed by atoms with van der Waals surface area (Å²) in [4.78, 5) is 32.3. The average molecular weight is 380 g/mol. The van der Waals surface area contributed by atoms with Crippen molar-refractivity contribution >= 4 is 58.3 Å². The Balaban J connectivity index is 2.02. The number of carbonyl (C=O) groups is 2. The summed E-state index contributed by atoms with van der Waals surface area (Å²) in [6.45, 7) is 0. The maximum Gasteiger partial charge on any atom is 0.386 e. The van der Waals surface area contributed by atoms with E-state index >= 15 is 0 Å². The zero-order valence-electron chi connectivity index (χ0n) is 10.6. The number of halogens is 4. The average Bonchev–Trinajstić information content (AvgIpc) is 2.50. The van der Waals surface area contributed by atoms with E-state index in [1.54, 1.807) is 0 Å². The highest BCUT2D eigenvalue weighted by molar-refractivity contribution is 6.42. The molecule has 0 N–H and O–H groups in total. The molecule has 0 aromatic heterocycles. The van der Waals surface area contributed by atoms with Crippen LogP contribution < -0.4 is 0 Å². The van der Waals surface area contributed by atoms with E-state index in [1.165, 1.54) is 36.4 Å². The Hall–Kier alpha value is -1.46. The van der Waals surface area contributed by atoms with Gasteiger partial charge >= 0.3 is 11.9 Å². The molecule has 0 heterocycles. The van der Waals surface area contributed by atoms with Crippen molar-refractivity contribution in [3.8, 4) is 0 Å². The molecule has 0 aliphatic carbocycles. The van der Waals surface area contributed by atoms with E-state index in [9.17, 15) is 9.59 Å². The lowest BCUT2D eigenvalue weighted by Crippen LogP contribution is -2.11. The van der Waals surface area contributed by atoms with E-state index in [0.717, 1.165) is 0 Å². The van der Waals surface area contributed by atoms with Gasteiger partial charge in [-0.25, -0.2) is 19.4 Å². The van der Waals surface area contributed by atoms with Crippen LogP contribution >= 0.6 is 46.4 Å². The molecule has 0 bridgehead atoms. The molecule has 0 radical (unpaired) electrons. The van der Waals surface area contributed by atoms with Gasteiger partial charge in [-0.3, -0.25) is 0 Å². The van der Waals surface area contributed by atoms with E-state index in [-0.39, 0.29) is 31.2 Å². The van der Waals surface area contributed by atoms with Gasteiger partial charge in [-0.1, -0.05) is 46.4 Å². The molecule has 0 atom stereocenters. The maximum atomic E-state index is 11.7. The predicted molar refractivity (Wildman–Crippen MR) is 83.8 cm³/mol. The third-order valence-corrected chi connectivity index (χ3v) is 3.98. The summed E-state index contributed by atoms with van der Waals surface area (Å²) in [6.07, 6.45) is 0. The summed E-state index contributed by atoms with van der Waals surface area (Å²) in [6, 6.07) is 8.17. The Bertz CT molecular complexity index is 682. The predicted octanol–water partition coefficient (Wildman–Crippen LogP) is 5.23. The van der Waals surface area contributed by atoms with Crippen LogP contribution in [0.3, 0.4) is 0 Å². The molecular formula is C14H6Cl4O4. The maximum absolute atomic E-state index is 11.7. The molecule has 2 aromatic carbocycles. The van der Waals surface area contributed by atoms with E-state index < -0.39 is 11.9 Å². The first-order valence-electron chi connectivity index (χ1n) is 5.72. The normalized spacial score (nSPS) is 10.2. The van der Waals surface area contributed by atoms with Crippen LogP contribution in [0.5, 0.6) is 0 Å². The van der Waals surface area contributed by atoms with E-state index in [1.807, 2.05) is 0 Å². The monoisotopic (exact) mass is 378 g/mol. The topological polar surface area (TPSA) is 52.6 Å². The van der Waals surface area contributed by atoms with Crippen molar-refractivity contribution < 1.29 is 19.4 Å². The Morgan fingerprint density at radius 3 is 1.32 bits per heavy atom. The first-order chi connectivity index (χ1) is 10.4. The number of hydrogen-bond donors (Lipinski definition) is 0. The van der Waals surface area contributed by atoms with Crippen molar-refractivity contribution in [2.45, 2.75) is 0 Å². The Morgan fingerprint density at radius 2 is 1.00 bits per heavy atom. The van der Waals surface area contributed by atoms with Gasteiger partial charge in [0.05, 0.1) is 31.2 Å². The highest BCUT2D eigenvalue weighted by atomic mass is 35.5. The number of rotatable bonds is 2. The summed E-state index contributed by atoms with van der Waals surface area (Å²) in [7, 11) is 0. The molecule has 0 saturated carbocycles. The second-order valence-electron chi connectivity index (χ2n) is 4.00. The van der Waals surface area contributed by atoms with Crippen LogP contribution in [0.2, 0.25) is 20.1 Å². The second kappa shape index (κ2) is 7.20. The van der Waals surface area contributed by atoms with Crippen molar-refractivity contribution in [1.82, 2.24) is 0 Å². The molecule has 22 heavy (non-hydrogen) atoms. The van der Waals surface area contributed by atoms with Gasteiger partial charge < -0.3 is 0 Å². The van der Waals surface area contributed by atoms with Crippen LogP contribution in [0.4, 0.5) is 0 Å². The Labute approximate surface area is 145 Å². The molecule has 0 unspecified atom stereocenters. The minimum absolute atomic E-state index is 0.0799. The molecular weight excluding hydrogens is 374 g/mol. The molecule has 2 aromatic rings. The van der Waals surface area contributed by atoms with Gasteiger partial charge in [0.2, 0.25) is 0 Å². The lowest BCUT2D eigenvalue weighted by molar-refractivity contribution is -0.187. The third-order valence-electron chi connectivity index (χ3n) is 2.50. The van der Waals surface area contributed by atoms with Crippen molar-refractivity contribution in [1.29, 1.82) is 0 Å². The lowest BCUT2D eigenvalue weighted by Gasteiger charge is -2.05. The smallest absolute Gasteiger partial charge is 0.242 e. The summed E-state index contributed by atoms with van der Waals surface area (Å²) in [5.41, 5.74) is 0.160. The minimum Gasteiger partial charge on any atom is -0.242 e. The van der Waals surface area contributed by atoms with Crippen LogP contribution in [0, 0.1) is 0 Å². The van der Waals surface area contributed by atoms with E-state index in [4.69, 9.17) is 46.4 Å². The van der Waals surface area contributed by atoms with Crippen LogP contribution in [0.25, 0.3) is 0 Å². The van der Waals surface area contributed by atoms with Crippen LogP contribution in [0.15, 0.2) is 36.4 Å². The van der Waals surface area contributed by atoms with E-state index in [0.29, 0.717) is 0 Å². The molecule has 0 spiro atoms. The molecule has 0 saturated heterocycles. The van der Waals surface area contributed by atoms with Crippen molar-refractivity contribution in [2.24, 2.45) is 0 Å². The van der Waals surface area contributed by atoms with Crippen molar-refractivity contribution in [2.75, 3.05) is 0 Å². The summed E-state index contributed by atoms with van der Waals surface area (Å²) in [5.74, 6) is -1.79. The first-order valence-corrected chi connectivity index (χ1v) is 7.23.